The van der Waals surface area contributed by atoms with Crippen molar-refractivity contribution in [2.45, 2.75) is 45.1 Å². The predicted octanol–water partition coefficient (Wildman–Crippen LogP) is 3.97. The number of methoxy groups -OCH3 is 1. The molecule has 2 aromatic carbocycles. The number of ether oxygens (including phenoxy) is 2. The Hall–Kier alpha value is -2.76. The van der Waals surface area contributed by atoms with Gasteiger partial charge in [0, 0.05) is 23.1 Å². The van der Waals surface area contributed by atoms with E-state index in [1.807, 2.05) is 18.2 Å². The molecule has 216 valence electrons. The van der Waals surface area contributed by atoms with Crippen molar-refractivity contribution >= 4 is 52.1 Å². The first kappa shape index (κ1) is 29.7. The van der Waals surface area contributed by atoms with Gasteiger partial charge in [0.15, 0.2) is 0 Å². The number of carbonyl (C=O) groups excluding carboxylic acids is 2. The Morgan fingerprint density at radius 3 is 2.68 bits per heavy atom. The van der Waals surface area contributed by atoms with Gasteiger partial charge in [0.2, 0.25) is 11.8 Å². The molecule has 3 N–H and O–H groups in total. The summed E-state index contributed by atoms with van der Waals surface area (Å²) in [5, 5.41) is 29.6. The van der Waals surface area contributed by atoms with Crippen LogP contribution < -0.4 is 10.4 Å². The molecule has 2 heterocycles. The number of halogens is 1. The minimum Gasteiger partial charge on any atom is -0.507 e. The number of hydrogen-bond acceptors (Lipinski definition) is 7. The van der Waals surface area contributed by atoms with Gasteiger partial charge < -0.3 is 24.6 Å². The number of fused-ring (bicyclic) bond motifs is 3. The predicted molar refractivity (Wildman–Crippen MR) is 160 cm³/mol. The number of phenols is 1. The first-order chi connectivity index (χ1) is 19.7. The molecule has 5 rings (SSSR count). The van der Waals surface area contributed by atoms with Crippen molar-refractivity contribution in [1.82, 2.24) is 0 Å². The zero-order valence-electron chi connectivity index (χ0n) is 23.3. The molecule has 41 heavy (non-hydrogen) atoms. The van der Waals surface area contributed by atoms with Crippen LogP contribution in [0.4, 0.5) is 5.69 Å². The second-order valence-electron chi connectivity index (χ2n) is 11.0. The summed E-state index contributed by atoms with van der Waals surface area (Å²) >= 11 is 3.48. The number of anilines is 1. The number of nitrogens with zero attached hydrogens (tertiary/aromatic N) is 1. The van der Waals surface area contributed by atoms with Crippen LogP contribution in [-0.4, -0.2) is 60.5 Å². The van der Waals surface area contributed by atoms with Gasteiger partial charge in [-0.05, 0) is 72.6 Å². The van der Waals surface area contributed by atoms with Crippen molar-refractivity contribution in [3.63, 3.8) is 0 Å². The molecule has 2 amide bonds. The van der Waals surface area contributed by atoms with Gasteiger partial charge in [0.1, 0.15) is 5.75 Å². The van der Waals surface area contributed by atoms with E-state index in [9.17, 15) is 24.7 Å². The second-order valence-corrected chi connectivity index (χ2v) is 11.9. The lowest BCUT2D eigenvalue weighted by Crippen LogP contribution is -2.36. The quantitative estimate of drug-likeness (QED) is 0.208. The molecule has 0 unspecified atom stereocenters. The number of benzene rings is 2. The van der Waals surface area contributed by atoms with Crippen LogP contribution in [0.1, 0.15) is 44.6 Å². The number of aromatic hydroxyl groups is 1. The Morgan fingerprint density at radius 2 is 1.95 bits per heavy atom. The average Bonchev–Trinajstić information content (AvgIpc) is 3.48. The summed E-state index contributed by atoms with van der Waals surface area (Å²) in [6.07, 6.45) is 5.64. The summed E-state index contributed by atoms with van der Waals surface area (Å²) in [6.45, 7) is 2.85. The van der Waals surface area contributed by atoms with E-state index >= 15 is 0 Å². The smallest absolute Gasteiger partial charge is 0.488 e. The SMILES string of the molecule is CCC/C(=C\c1cc(Br)ccc1O)CC[C@H]1OC[C@H]2C1=C(COC)C[C@H]1C(=O)N(c3cccc(B(O)O)c3)C(=O)[C@H]12. The zero-order valence-corrected chi connectivity index (χ0v) is 24.8. The van der Waals surface area contributed by atoms with Gasteiger partial charge in [-0.25, -0.2) is 0 Å². The van der Waals surface area contributed by atoms with Crippen LogP contribution in [0, 0.1) is 17.8 Å². The van der Waals surface area contributed by atoms with Crippen molar-refractivity contribution in [1.29, 1.82) is 0 Å². The summed E-state index contributed by atoms with van der Waals surface area (Å²) in [6, 6.07) is 11.6. The Kier molecular flexibility index (Phi) is 9.16. The van der Waals surface area contributed by atoms with E-state index in [0.29, 0.717) is 25.3 Å². The number of rotatable bonds is 10. The normalized spacial score (nSPS) is 24.2. The molecule has 2 saturated heterocycles. The maximum Gasteiger partial charge on any atom is 0.488 e. The van der Waals surface area contributed by atoms with Gasteiger partial charge in [-0.2, -0.15) is 0 Å². The molecule has 0 saturated carbocycles. The van der Waals surface area contributed by atoms with Gasteiger partial charge in [0.25, 0.3) is 0 Å². The van der Waals surface area contributed by atoms with Crippen molar-refractivity contribution < 1.29 is 34.2 Å². The van der Waals surface area contributed by atoms with Gasteiger partial charge in [-0.3, -0.25) is 14.5 Å². The molecule has 0 aromatic heterocycles. The molecule has 2 fully saturated rings. The highest BCUT2D eigenvalue weighted by Gasteiger charge is 2.57. The van der Waals surface area contributed by atoms with E-state index in [2.05, 4.69) is 22.9 Å². The third-order valence-corrected chi connectivity index (χ3v) is 8.89. The summed E-state index contributed by atoms with van der Waals surface area (Å²) in [5.74, 6) is -1.58. The molecule has 0 spiro atoms. The van der Waals surface area contributed by atoms with Crippen LogP contribution in [-0.2, 0) is 19.1 Å². The van der Waals surface area contributed by atoms with E-state index in [1.54, 1.807) is 25.3 Å². The van der Waals surface area contributed by atoms with Crippen molar-refractivity contribution in [3.8, 4) is 5.75 Å². The van der Waals surface area contributed by atoms with Crippen LogP contribution in [0.15, 0.2) is 63.7 Å². The summed E-state index contributed by atoms with van der Waals surface area (Å²) in [4.78, 5) is 28.6. The van der Waals surface area contributed by atoms with E-state index in [0.717, 1.165) is 46.9 Å². The molecule has 1 aliphatic carbocycles. The number of amides is 2. The van der Waals surface area contributed by atoms with Gasteiger partial charge in [-0.15, -0.1) is 0 Å². The van der Waals surface area contributed by atoms with Crippen LogP contribution in [0.5, 0.6) is 5.75 Å². The maximum atomic E-state index is 13.8. The number of allylic oxidation sites excluding steroid dienone is 1. The molecule has 2 aliphatic heterocycles. The minimum atomic E-state index is -1.70. The molecule has 3 aliphatic rings. The zero-order chi connectivity index (χ0) is 29.3. The monoisotopic (exact) mass is 623 g/mol. The lowest BCUT2D eigenvalue weighted by molar-refractivity contribution is -0.122. The first-order valence-electron chi connectivity index (χ1n) is 14.1. The van der Waals surface area contributed by atoms with Crippen molar-refractivity contribution in [3.05, 3.63) is 69.2 Å². The number of imide groups is 1. The fourth-order valence-electron chi connectivity index (χ4n) is 6.63. The van der Waals surface area contributed by atoms with Crippen molar-refractivity contribution in [2.24, 2.45) is 17.8 Å². The molecule has 8 nitrogen and oxygen atoms in total. The van der Waals surface area contributed by atoms with E-state index in [4.69, 9.17) is 9.47 Å². The average molecular weight is 624 g/mol. The minimum absolute atomic E-state index is 0.188. The van der Waals surface area contributed by atoms with Crippen LogP contribution in [0.3, 0.4) is 0 Å². The standard InChI is InChI=1S/C31H35BBrNO7/c1-3-5-18(12-19-13-22(33)9-10-26(19)35)8-11-27-28-20(16-40-2)14-24-29(25(28)17-41-27)31(37)34(30(24)36)23-7-4-6-21(15-23)32(38)39/h4,6-7,9-10,12-13,15,24-25,27,29,35,38-39H,3,5,8,11,14,16-17H2,1-2H3/b18-12+/t24-,25+,27-,29-/m1/s1. The highest BCUT2D eigenvalue weighted by Crippen LogP contribution is 2.50. The van der Waals surface area contributed by atoms with E-state index in [1.165, 1.54) is 22.6 Å². The maximum absolute atomic E-state index is 13.8. The van der Waals surface area contributed by atoms with Crippen molar-refractivity contribution in [2.75, 3.05) is 25.2 Å². The summed E-state index contributed by atoms with van der Waals surface area (Å²) in [5.41, 5.74) is 4.63. The van der Waals surface area contributed by atoms with E-state index in [-0.39, 0.29) is 35.0 Å². The molecule has 0 bridgehead atoms. The van der Waals surface area contributed by atoms with Gasteiger partial charge >= 0.3 is 7.12 Å². The second kappa shape index (κ2) is 12.6. The molecule has 0 radical (unpaired) electrons. The lowest BCUT2D eigenvalue weighted by Gasteiger charge is -2.31. The third-order valence-electron chi connectivity index (χ3n) is 8.40. The summed E-state index contributed by atoms with van der Waals surface area (Å²) in [7, 11) is -0.0688. The lowest BCUT2D eigenvalue weighted by atomic mass is 9.69. The fourth-order valence-corrected chi connectivity index (χ4v) is 7.01. The fraction of sp³-hybridized carbons (Fsp3) is 0.419. The highest BCUT2D eigenvalue weighted by atomic mass is 79.9. The van der Waals surface area contributed by atoms with E-state index < -0.39 is 19.0 Å². The Bertz CT molecular complexity index is 1390. The Balaban J connectivity index is 1.40. The Labute approximate surface area is 248 Å². The third kappa shape index (κ3) is 5.94. The van der Waals surface area contributed by atoms with Crippen LogP contribution >= 0.6 is 15.9 Å². The summed E-state index contributed by atoms with van der Waals surface area (Å²) < 4.78 is 12.8. The molecule has 10 heteroatoms. The van der Waals surface area contributed by atoms with Gasteiger partial charge in [-0.1, -0.05) is 53.1 Å². The number of phenolic OH excluding ortho intramolecular Hbond substituents is 1. The molecular weight excluding hydrogens is 589 g/mol. The highest BCUT2D eigenvalue weighted by molar-refractivity contribution is 9.10. The van der Waals surface area contributed by atoms with Crippen LogP contribution in [0.2, 0.25) is 0 Å². The molecular formula is C31H35BBrNO7. The first-order valence-corrected chi connectivity index (χ1v) is 14.9. The topological polar surface area (TPSA) is 117 Å². The van der Waals surface area contributed by atoms with Gasteiger partial charge in [0.05, 0.1) is 36.8 Å². The molecule has 2 aromatic rings. The number of carbonyl (C=O) groups is 2. The molecule has 4 atom stereocenters. The Morgan fingerprint density at radius 1 is 1.15 bits per heavy atom. The van der Waals surface area contributed by atoms with Crippen LogP contribution in [0.25, 0.3) is 6.08 Å². The number of hydrogen-bond donors (Lipinski definition) is 3. The largest absolute Gasteiger partial charge is 0.507 e.